The van der Waals surface area contributed by atoms with E-state index in [0.717, 1.165) is 38.5 Å². The smallest absolute Gasteiger partial charge is 0.230 e. The molecule has 0 aromatic heterocycles. The first-order valence-electron chi connectivity index (χ1n) is 19.3. The number of ether oxygens (including phenoxy) is 6. The summed E-state index contributed by atoms with van der Waals surface area (Å²) >= 11 is 0. The van der Waals surface area contributed by atoms with Gasteiger partial charge >= 0.3 is 0 Å². The van der Waals surface area contributed by atoms with Crippen LogP contribution in [-0.2, 0) is 74.3 Å². The fourth-order valence-corrected chi connectivity index (χ4v) is 4.52. The molecule has 0 radical (unpaired) electrons. The SMILES string of the molecule is CCCCC(=O)CC(=O)N(CCOC)CCOC.CCCCC(=O)CC(=O)N(CCOC)CCOC.CCCCC(=O)CC(=O)N(CCOC)CCOC.[Fe]. The number of carbonyl (C=O) groups excluding carboxylic acids is 6. The molecule has 15 nitrogen and oxygen atoms in total. The summed E-state index contributed by atoms with van der Waals surface area (Å²) in [6.45, 7) is 11.9. The Kier molecular flexibility index (Phi) is 48.0. The second kappa shape index (κ2) is 44.4. The van der Waals surface area contributed by atoms with Crippen molar-refractivity contribution < 1.29 is 74.3 Å². The van der Waals surface area contributed by atoms with E-state index in [0.29, 0.717) is 98.2 Å². The van der Waals surface area contributed by atoms with E-state index in [1.807, 2.05) is 20.8 Å². The van der Waals surface area contributed by atoms with Crippen LogP contribution in [0.5, 0.6) is 0 Å². The van der Waals surface area contributed by atoms with Crippen LogP contribution in [0.1, 0.15) is 97.8 Å². The molecular formula is C39H75FeN3O12. The van der Waals surface area contributed by atoms with E-state index >= 15 is 0 Å². The van der Waals surface area contributed by atoms with Crippen LogP contribution in [-0.4, -0.2) is 171 Å². The number of amides is 3. The standard InChI is InChI=1S/3C13H25NO4.Fe/c3*1-4-5-6-12(15)11-13(16)14(7-9-17-2)8-10-18-3;/h3*4-11H2,1-3H3;. The minimum absolute atomic E-state index is 0. The maximum Gasteiger partial charge on any atom is 0.230 e. The van der Waals surface area contributed by atoms with Gasteiger partial charge in [0, 0.05) is 118 Å². The molecular weight excluding hydrogens is 758 g/mol. The van der Waals surface area contributed by atoms with E-state index in [2.05, 4.69) is 0 Å². The number of nitrogens with zero attached hydrogens (tertiary/aromatic N) is 3. The number of hydrogen-bond acceptors (Lipinski definition) is 12. The third kappa shape index (κ3) is 38.4. The molecule has 0 aliphatic rings. The van der Waals surface area contributed by atoms with Crippen molar-refractivity contribution in [2.45, 2.75) is 97.8 Å². The topological polar surface area (TPSA) is 168 Å². The summed E-state index contributed by atoms with van der Waals surface area (Å²) in [7, 11) is 9.53. The van der Waals surface area contributed by atoms with Gasteiger partial charge in [-0.2, -0.15) is 0 Å². The predicted molar refractivity (Wildman–Crippen MR) is 208 cm³/mol. The van der Waals surface area contributed by atoms with Crippen LogP contribution in [0.4, 0.5) is 0 Å². The summed E-state index contributed by atoms with van der Waals surface area (Å²) in [5, 5.41) is 0. The van der Waals surface area contributed by atoms with Crippen LogP contribution in [0, 0.1) is 0 Å². The minimum Gasteiger partial charge on any atom is -0.383 e. The van der Waals surface area contributed by atoms with Crippen molar-refractivity contribution in [1.29, 1.82) is 0 Å². The van der Waals surface area contributed by atoms with Crippen molar-refractivity contribution in [2.24, 2.45) is 0 Å². The second-order valence-electron chi connectivity index (χ2n) is 12.6. The average Bonchev–Trinajstić information content (AvgIpc) is 3.15. The van der Waals surface area contributed by atoms with E-state index in [9.17, 15) is 28.8 Å². The van der Waals surface area contributed by atoms with Crippen molar-refractivity contribution >= 4 is 35.1 Å². The summed E-state index contributed by atoms with van der Waals surface area (Å²) < 4.78 is 29.7. The molecule has 0 aromatic carbocycles. The van der Waals surface area contributed by atoms with E-state index in [1.54, 1.807) is 57.4 Å². The van der Waals surface area contributed by atoms with Gasteiger partial charge in [-0.1, -0.05) is 40.0 Å². The molecule has 0 aliphatic carbocycles. The molecule has 0 saturated heterocycles. The summed E-state index contributed by atoms with van der Waals surface area (Å²) in [5.41, 5.74) is 0. The Hall–Kier alpha value is -2.30. The molecule has 326 valence electrons. The minimum atomic E-state index is -0.134. The van der Waals surface area contributed by atoms with Gasteiger partial charge in [0.05, 0.1) is 58.9 Å². The normalized spacial score (nSPS) is 10.2. The number of Topliss-reactive ketones (excluding diaryl/α,β-unsaturated/α-hetero) is 3. The first kappa shape index (κ1) is 59.4. The van der Waals surface area contributed by atoms with Gasteiger partial charge in [0.1, 0.15) is 17.3 Å². The Bertz CT molecular complexity index is 832. The zero-order chi connectivity index (χ0) is 41.4. The van der Waals surface area contributed by atoms with Crippen LogP contribution in [0.15, 0.2) is 0 Å². The molecule has 0 unspecified atom stereocenters. The summed E-state index contributed by atoms with van der Waals surface area (Å²) in [6.07, 6.45) is 6.91. The molecule has 0 saturated carbocycles. The molecule has 16 heteroatoms. The van der Waals surface area contributed by atoms with E-state index < -0.39 is 0 Å². The van der Waals surface area contributed by atoms with Crippen molar-refractivity contribution in [2.75, 3.05) is 122 Å². The Labute approximate surface area is 342 Å². The summed E-state index contributed by atoms with van der Waals surface area (Å²) in [4.78, 5) is 75.3. The number of methoxy groups -OCH3 is 6. The molecule has 0 bridgehead atoms. The molecule has 0 rings (SSSR count). The van der Waals surface area contributed by atoms with Gasteiger partial charge in [0.2, 0.25) is 17.7 Å². The van der Waals surface area contributed by atoms with Gasteiger partial charge in [-0.15, -0.1) is 0 Å². The molecule has 0 heterocycles. The van der Waals surface area contributed by atoms with Crippen molar-refractivity contribution in [3.63, 3.8) is 0 Å². The van der Waals surface area contributed by atoms with Crippen LogP contribution >= 0.6 is 0 Å². The van der Waals surface area contributed by atoms with Crippen LogP contribution in [0.25, 0.3) is 0 Å². The maximum absolute atomic E-state index is 11.9. The zero-order valence-corrected chi connectivity index (χ0v) is 36.7. The Balaban J connectivity index is -0.000000351. The quantitative estimate of drug-likeness (QED) is 0.0695. The monoisotopic (exact) mass is 833 g/mol. The van der Waals surface area contributed by atoms with Crippen LogP contribution in [0.3, 0.4) is 0 Å². The third-order valence-electron chi connectivity index (χ3n) is 7.92. The molecule has 0 spiro atoms. The van der Waals surface area contributed by atoms with E-state index in [4.69, 9.17) is 28.4 Å². The maximum atomic E-state index is 11.9. The van der Waals surface area contributed by atoms with Crippen molar-refractivity contribution in [3.05, 3.63) is 0 Å². The fourth-order valence-electron chi connectivity index (χ4n) is 4.52. The summed E-state index contributed by atoms with van der Waals surface area (Å²) in [6, 6.07) is 0. The second-order valence-corrected chi connectivity index (χ2v) is 12.6. The first-order chi connectivity index (χ1) is 26.0. The number of unbranched alkanes of at least 4 members (excludes halogenated alkanes) is 3. The number of rotatable bonds is 33. The largest absolute Gasteiger partial charge is 0.383 e. The molecule has 0 N–H and O–H groups in total. The number of carbonyl (C=O) groups is 6. The molecule has 55 heavy (non-hydrogen) atoms. The van der Waals surface area contributed by atoms with Crippen molar-refractivity contribution in [1.82, 2.24) is 14.7 Å². The third-order valence-corrected chi connectivity index (χ3v) is 7.92. The van der Waals surface area contributed by atoms with Gasteiger partial charge in [-0.25, -0.2) is 0 Å². The molecule has 3 amide bonds. The van der Waals surface area contributed by atoms with E-state index in [1.165, 1.54) is 0 Å². The van der Waals surface area contributed by atoms with Gasteiger partial charge in [0.15, 0.2) is 0 Å². The summed E-state index contributed by atoms with van der Waals surface area (Å²) in [5.74, 6) is -0.356. The molecule has 0 aliphatic heterocycles. The Morgan fingerprint density at radius 2 is 0.545 bits per heavy atom. The number of ketones is 3. The van der Waals surface area contributed by atoms with Crippen LogP contribution in [0.2, 0.25) is 0 Å². The zero-order valence-electron chi connectivity index (χ0n) is 35.6. The number of hydrogen-bond donors (Lipinski definition) is 0. The van der Waals surface area contributed by atoms with Gasteiger partial charge in [-0.05, 0) is 19.3 Å². The van der Waals surface area contributed by atoms with Gasteiger partial charge in [-0.3, -0.25) is 28.8 Å². The predicted octanol–water partition coefficient (Wildman–Crippen LogP) is 3.77. The Morgan fingerprint density at radius 3 is 0.691 bits per heavy atom. The Morgan fingerprint density at radius 1 is 0.364 bits per heavy atom. The van der Waals surface area contributed by atoms with Gasteiger partial charge < -0.3 is 43.1 Å². The molecule has 0 aromatic rings. The fraction of sp³-hybridized carbons (Fsp3) is 0.846. The molecule has 0 fully saturated rings. The molecule has 0 atom stereocenters. The van der Waals surface area contributed by atoms with Gasteiger partial charge in [0.25, 0.3) is 0 Å². The van der Waals surface area contributed by atoms with E-state index in [-0.39, 0.29) is 71.4 Å². The van der Waals surface area contributed by atoms with Crippen molar-refractivity contribution in [3.8, 4) is 0 Å². The first-order valence-corrected chi connectivity index (χ1v) is 19.3. The average molecular weight is 834 g/mol. The van der Waals surface area contributed by atoms with Crippen LogP contribution < -0.4 is 0 Å².